The second-order valence-electron chi connectivity index (χ2n) is 6.99. The normalized spacial score (nSPS) is 10.7. The molecule has 0 fully saturated rings. The van der Waals surface area contributed by atoms with Crippen LogP contribution in [0.3, 0.4) is 0 Å². The maximum Gasteiger partial charge on any atom is 0.285 e. The molecule has 1 aromatic carbocycles. The fourth-order valence-corrected chi connectivity index (χ4v) is 3.46. The lowest BCUT2D eigenvalue weighted by Crippen LogP contribution is -2.30. The van der Waals surface area contributed by atoms with Crippen molar-refractivity contribution < 1.29 is 4.79 Å². The van der Waals surface area contributed by atoms with E-state index in [4.69, 9.17) is 0 Å². The summed E-state index contributed by atoms with van der Waals surface area (Å²) in [6, 6.07) is 11.7. The molecule has 6 nitrogen and oxygen atoms in total. The van der Waals surface area contributed by atoms with Crippen molar-refractivity contribution in [3.8, 4) is 11.8 Å². The van der Waals surface area contributed by atoms with Gasteiger partial charge in [-0.1, -0.05) is 18.2 Å². The molecule has 0 atom stereocenters. The number of carbonyl (C=O) groups excluding carboxylic acids is 1. The van der Waals surface area contributed by atoms with Crippen LogP contribution in [-0.2, 0) is 6.54 Å². The molecule has 0 bridgehead atoms. The van der Waals surface area contributed by atoms with E-state index in [-0.39, 0.29) is 17.9 Å². The molecule has 0 amide bonds. The predicted octanol–water partition coefficient (Wildman–Crippen LogP) is 3.33. The maximum atomic E-state index is 13.0. The number of para-hydroxylation sites is 1. The van der Waals surface area contributed by atoms with E-state index in [0.29, 0.717) is 16.8 Å². The van der Waals surface area contributed by atoms with Gasteiger partial charge in [0, 0.05) is 22.6 Å². The third kappa shape index (κ3) is 3.16. The lowest BCUT2D eigenvalue weighted by molar-refractivity contribution is 0.0965. The first-order valence-electron chi connectivity index (χ1n) is 9.02. The molecule has 3 rings (SSSR count). The molecule has 0 N–H and O–H groups in total. The Morgan fingerprint density at radius 3 is 2.46 bits per heavy atom. The zero-order valence-corrected chi connectivity index (χ0v) is 16.7. The molecule has 0 saturated heterocycles. The molecular formula is C22H22N4O2. The fourth-order valence-electron chi connectivity index (χ4n) is 3.46. The second-order valence-corrected chi connectivity index (χ2v) is 6.99. The van der Waals surface area contributed by atoms with Crippen molar-refractivity contribution in [1.82, 2.24) is 14.3 Å². The Labute approximate surface area is 163 Å². The monoisotopic (exact) mass is 374 g/mol. The summed E-state index contributed by atoms with van der Waals surface area (Å²) in [4.78, 5) is 25.5. The number of aromatic nitrogens is 3. The molecule has 0 aliphatic rings. The van der Waals surface area contributed by atoms with Crippen molar-refractivity contribution in [2.75, 3.05) is 0 Å². The summed E-state index contributed by atoms with van der Waals surface area (Å²) in [7, 11) is 0. The quantitative estimate of drug-likeness (QED) is 0.656. The molecule has 6 heteroatoms. The number of benzene rings is 1. The van der Waals surface area contributed by atoms with Crippen molar-refractivity contribution in [3.63, 3.8) is 0 Å². The van der Waals surface area contributed by atoms with Crippen LogP contribution in [0.5, 0.6) is 0 Å². The number of rotatable bonds is 4. The van der Waals surface area contributed by atoms with Gasteiger partial charge in [0.1, 0.15) is 18.2 Å². The first kappa shape index (κ1) is 19.3. The van der Waals surface area contributed by atoms with Crippen LogP contribution in [0.25, 0.3) is 5.69 Å². The number of hydrogen-bond acceptors (Lipinski definition) is 4. The van der Waals surface area contributed by atoms with Gasteiger partial charge in [-0.25, -0.2) is 4.68 Å². The molecule has 28 heavy (non-hydrogen) atoms. The number of carbonyl (C=O) groups is 1. The Morgan fingerprint density at radius 1 is 1.14 bits per heavy atom. The van der Waals surface area contributed by atoms with Crippen LogP contribution in [-0.4, -0.2) is 20.1 Å². The Morgan fingerprint density at radius 2 is 1.82 bits per heavy atom. The summed E-state index contributed by atoms with van der Waals surface area (Å²) >= 11 is 0. The Hall–Kier alpha value is -3.46. The second kappa shape index (κ2) is 7.28. The summed E-state index contributed by atoms with van der Waals surface area (Å²) in [6.45, 7) is 9.07. The van der Waals surface area contributed by atoms with Gasteiger partial charge < -0.3 is 4.57 Å². The van der Waals surface area contributed by atoms with E-state index in [1.165, 1.54) is 0 Å². The van der Waals surface area contributed by atoms with Gasteiger partial charge in [0.15, 0.2) is 5.78 Å². The average molecular weight is 374 g/mol. The van der Waals surface area contributed by atoms with Gasteiger partial charge in [-0.3, -0.25) is 9.59 Å². The lowest BCUT2D eigenvalue weighted by Gasteiger charge is -2.13. The number of nitriles is 1. The zero-order valence-electron chi connectivity index (χ0n) is 16.7. The van der Waals surface area contributed by atoms with Gasteiger partial charge in [0.25, 0.3) is 5.56 Å². The van der Waals surface area contributed by atoms with E-state index < -0.39 is 5.56 Å². The fraction of sp³-hybridized carbons (Fsp3) is 0.273. The van der Waals surface area contributed by atoms with Gasteiger partial charge in [-0.15, -0.1) is 0 Å². The Bertz CT molecular complexity index is 1190. The maximum absolute atomic E-state index is 13.0. The summed E-state index contributed by atoms with van der Waals surface area (Å²) in [5.41, 5.74) is 5.04. The SMILES string of the molecule is Cc1ccccc1-n1c(C)cc(C(=O)Cn2nc(C)c(C)c(C#N)c2=O)c1C. The van der Waals surface area contributed by atoms with Crippen molar-refractivity contribution in [3.05, 3.63) is 80.0 Å². The van der Waals surface area contributed by atoms with Crippen molar-refractivity contribution in [2.24, 2.45) is 0 Å². The summed E-state index contributed by atoms with van der Waals surface area (Å²) < 4.78 is 3.13. The molecule has 142 valence electrons. The highest BCUT2D eigenvalue weighted by Gasteiger charge is 2.20. The molecule has 0 spiro atoms. The predicted molar refractivity (Wildman–Crippen MR) is 107 cm³/mol. The Kier molecular flexibility index (Phi) is 5.02. The minimum atomic E-state index is -0.535. The highest BCUT2D eigenvalue weighted by molar-refractivity contribution is 5.97. The minimum absolute atomic E-state index is 0.0330. The van der Waals surface area contributed by atoms with Gasteiger partial charge in [0.05, 0.1) is 5.69 Å². The van der Waals surface area contributed by atoms with E-state index in [9.17, 15) is 14.9 Å². The van der Waals surface area contributed by atoms with Crippen molar-refractivity contribution >= 4 is 5.78 Å². The van der Waals surface area contributed by atoms with Crippen LogP contribution in [0.4, 0.5) is 0 Å². The van der Waals surface area contributed by atoms with E-state index in [1.54, 1.807) is 13.8 Å². The third-order valence-corrected chi connectivity index (χ3v) is 5.13. The van der Waals surface area contributed by atoms with Gasteiger partial charge in [-0.05, 0) is 57.9 Å². The molecule has 3 aromatic rings. The topological polar surface area (TPSA) is 80.7 Å². The molecule has 2 aromatic heterocycles. The number of nitrogens with zero attached hydrogens (tertiary/aromatic N) is 4. The first-order valence-corrected chi connectivity index (χ1v) is 9.02. The van der Waals surface area contributed by atoms with Crippen LogP contribution in [0.1, 0.15) is 44.1 Å². The van der Waals surface area contributed by atoms with E-state index >= 15 is 0 Å². The number of Topliss-reactive ketones (excluding diaryl/α,β-unsaturated/α-hetero) is 1. The standard InChI is InChI=1S/C22H22N4O2/c1-13-8-6-7-9-20(13)26-14(2)10-18(17(26)5)21(27)12-25-22(28)19(11-23)15(3)16(4)24-25/h6-10H,12H2,1-5H3. The molecule has 0 saturated carbocycles. The van der Waals surface area contributed by atoms with E-state index in [2.05, 4.69) is 5.10 Å². The molecule has 0 aliphatic heterocycles. The minimum Gasteiger partial charge on any atom is -0.317 e. The third-order valence-electron chi connectivity index (χ3n) is 5.13. The van der Waals surface area contributed by atoms with Gasteiger partial charge in [-0.2, -0.15) is 10.4 Å². The van der Waals surface area contributed by atoms with Crippen LogP contribution >= 0.6 is 0 Å². The smallest absolute Gasteiger partial charge is 0.285 e. The molecule has 0 unspecified atom stereocenters. The lowest BCUT2D eigenvalue weighted by atomic mass is 10.1. The summed E-state index contributed by atoms with van der Waals surface area (Å²) in [6.07, 6.45) is 0. The largest absolute Gasteiger partial charge is 0.317 e. The Balaban J connectivity index is 2.04. The van der Waals surface area contributed by atoms with Gasteiger partial charge >= 0.3 is 0 Å². The molecule has 0 radical (unpaired) electrons. The molecule has 0 aliphatic carbocycles. The highest BCUT2D eigenvalue weighted by atomic mass is 16.1. The number of ketones is 1. The van der Waals surface area contributed by atoms with E-state index in [1.807, 2.05) is 61.7 Å². The zero-order chi connectivity index (χ0) is 20.6. The van der Waals surface area contributed by atoms with Crippen LogP contribution in [0.15, 0.2) is 35.1 Å². The van der Waals surface area contributed by atoms with Crippen molar-refractivity contribution in [2.45, 2.75) is 41.2 Å². The average Bonchev–Trinajstić information content (AvgIpc) is 2.95. The van der Waals surface area contributed by atoms with Crippen LogP contribution in [0, 0.1) is 45.9 Å². The molecule has 2 heterocycles. The van der Waals surface area contributed by atoms with Crippen LogP contribution < -0.4 is 5.56 Å². The molecular weight excluding hydrogens is 352 g/mol. The van der Waals surface area contributed by atoms with Gasteiger partial charge in [0.2, 0.25) is 0 Å². The van der Waals surface area contributed by atoms with E-state index in [0.717, 1.165) is 27.3 Å². The summed E-state index contributed by atoms with van der Waals surface area (Å²) in [5.74, 6) is -0.213. The number of hydrogen-bond donors (Lipinski definition) is 0. The number of aryl methyl sites for hydroxylation is 3. The summed E-state index contributed by atoms with van der Waals surface area (Å²) in [5, 5.41) is 13.5. The highest BCUT2D eigenvalue weighted by Crippen LogP contribution is 2.23. The van der Waals surface area contributed by atoms with Crippen LogP contribution in [0.2, 0.25) is 0 Å². The van der Waals surface area contributed by atoms with Crippen molar-refractivity contribution in [1.29, 1.82) is 5.26 Å². The first-order chi connectivity index (χ1) is 13.3.